The molecular formula is C11H10N2O. The summed E-state index contributed by atoms with van der Waals surface area (Å²) in [4.78, 5) is 13.1. The van der Waals surface area contributed by atoms with E-state index in [1.165, 1.54) is 0 Å². The van der Waals surface area contributed by atoms with Crippen LogP contribution in [0.2, 0.25) is 0 Å². The van der Waals surface area contributed by atoms with E-state index in [9.17, 15) is 4.79 Å². The van der Waals surface area contributed by atoms with Gasteiger partial charge >= 0.3 is 0 Å². The minimum absolute atomic E-state index is 0.271. The predicted molar refractivity (Wildman–Crippen MR) is 53.0 cm³/mol. The fourth-order valence-electron chi connectivity index (χ4n) is 1.62. The number of nitrogens with zero attached hydrogens (tertiary/aromatic N) is 2. The molecule has 14 heavy (non-hydrogen) atoms. The van der Waals surface area contributed by atoms with E-state index < -0.39 is 0 Å². The molecular weight excluding hydrogens is 176 g/mol. The zero-order valence-corrected chi connectivity index (χ0v) is 7.73. The topological polar surface area (TPSA) is 44.1 Å². The molecule has 1 fully saturated rings. The molecule has 2 rings (SSSR count). The zero-order valence-electron chi connectivity index (χ0n) is 7.73. The third-order valence-electron chi connectivity index (χ3n) is 2.37. The number of carbonyl (C=O) groups is 1. The number of hydrogen-bond donors (Lipinski definition) is 0. The number of carbonyl (C=O) groups excluding carboxylic acids is 1. The Balaban J connectivity index is 2.24. The van der Waals surface area contributed by atoms with Gasteiger partial charge in [-0.2, -0.15) is 5.26 Å². The molecule has 0 radical (unpaired) electrons. The van der Waals surface area contributed by atoms with Crippen LogP contribution in [-0.2, 0) is 4.79 Å². The molecule has 0 bridgehead atoms. The fourth-order valence-corrected chi connectivity index (χ4v) is 1.62. The van der Waals surface area contributed by atoms with Crippen LogP contribution >= 0.6 is 0 Å². The Labute approximate surface area is 82.6 Å². The van der Waals surface area contributed by atoms with E-state index in [1.807, 2.05) is 23.1 Å². The second kappa shape index (κ2) is 3.51. The van der Waals surface area contributed by atoms with E-state index in [1.54, 1.807) is 6.07 Å². The van der Waals surface area contributed by atoms with Gasteiger partial charge in [0.05, 0.1) is 18.2 Å². The molecule has 0 amide bonds. The summed E-state index contributed by atoms with van der Waals surface area (Å²) in [5.74, 6) is 0.271. The van der Waals surface area contributed by atoms with Gasteiger partial charge in [-0.15, -0.1) is 0 Å². The molecule has 0 spiro atoms. The minimum atomic E-state index is 0.271. The summed E-state index contributed by atoms with van der Waals surface area (Å²) in [6.45, 7) is 1.25. The molecule has 3 heteroatoms. The number of hydrogen-bond acceptors (Lipinski definition) is 3. The largest absolute Gasteiger partial charge is 0.364 e. The molecule has 0 atom stereocenters. The number of anilines is 1. The lowest BCUT2D eigenvalue weighted by atomic mass is 10.2. The van der Waals surface area contributed by atoms with Crippen LogP contribution in [0.5, 0.6) is 0 Å². The first-order chi connectivity index (χ1) is 6.79. The summed E-state index contributed by atoms with van der Waals surface area (Å²) >= 11 is 0. The Morgan fingerprint density at radius 1 is 1.43 bits per heavy atom. The van der Waals surface area contributed by atoms with Crippen molar-refractivity contribution < 1.29 is 4.79 Å². The van der Waals surface area contributed by atoms with Crippen molar-refractivity contribution in [2.24, 2.45) is 0 Å². The van der Waals surface area contributed by atoms with Crippen LogP contribution in [0.3, 0.4) is 0 Å². The highest BCUT2D eigenvalue weighted by atomic mass is 16.1. The van der Waals surface area contributed by atoms with E-state index in [-0.39, 0.29) is 5.78 Å². The predicted octanol–water partition coefficient (Wildman–Crippen LogP) is 1.34. The summed E-state index contributed by atoms with van der Waals surface area (Å²) in [7, 11) is 0. The summed E-state index contributed by atoms with van der Waals surface area (Å²) in [5.41, 5.74) is 1.61. The SMILES string of the molecule is N#Cc1cccc(N2CCC(=O)C2)c1. The Kier molecular flexibility index (Phi) is 2.19. The maximum atomic E-state index is 11.1. The normalized spacial score (nSPS) is 15.6. The second-order valence-corrected chi connectivity index (χ2v) is 3.37. The van der Waals surface area contributed by atoms with Crippen molar-refractivity contribution in [2.75, 3.05) is 18.0 Å². The second-order valence-electron chi connectivity index (χ2n) is 3.37. The van der Waals surface area contributed by atoms with Crippen LogP contribution in [0.15, 0.2) is 24.3 Å². The number of nitriles is 1. The lowest BCUT2D eigenvalue weighted by molar-refractivity contribution is -0.116. The van der Waals surface area contributed by atoms with Crippen LogP contribution in [-0.4, -0.2) is 18.9 Å². The van der Waals surface area contributed by atoms with Crippen LogP contribution in [0.4, 0.5) is 5.69 Å². The average Bonchev–Trinajstić information content (AvgIpc) is 2.65. The van der Waals surface area contributed by atoms with Crippen molar-refractivity contribution >= 4 is 11.5 Å². The van der Waals surface area contributed by atoms with Crippen LogP contribution in [0.25, 0.3) is 0 Å². The molecule has 1 aliphatic rings. The van der Waals surface area contributed by atoms with E-state index >= 15 is 0 Å². The Bertz CT molecular complexity index is 406. The molecule has 0 saturated carbocycles. The van der Waals surface area contributed by atoms with Gasteiger partial charge in [-0.25, -0.2) is 0 Å². The molecule has 1 aromatic rings. The zero-order chi connectivity index (χ0) is 9.97. The Morgan fingerprint density at radius 2 is 2.29 bits per heavy atom. The third-order valence-corrected chi connectivity index (χ3v) is 2.37. The van der Waals surface area contributed by atoms with Crippen LogP contribution in [0.1, 0.15) is 12.0 Å². The van der Waals surface area contributed by atoms with Gasteiger partial charge in [0.1, 0.15) is 0 Å². The van der Waals surface area contributed by atoms with Gasteiger partial charge in [0.2, 0.25) is 0 Å². The Hall–Kier alpha value is -1.82. The maximum Gasteiger partial charge on any atom is 0.153 e. The molecule has 0 aromatic heterocycles. The molecule has 1 heterocycles. The minimum Gasteiger partial charge on any atom is -0.364 e. The van der Waals surface area contributed by atoms with Crippen molar-refractivity contribution in [3.8, 4) is 6.07 Å². The highest BCUT2D eigenvalue weighted by molar-refractivity contribution is 5.87. The smallest absolute Gasteiger partial charge is 0.153 e. The van der Waals surface area contributed by atoms with E-state index in [4.69, 9.17) is 5.26 Å². The van der Waals surface area contributed by atoms with Gasteiger partial charge in [-0.3, -0.25) is 4.79 Å². The quantitative estimate of drug-likeness (QED) is 0.664. The van der Waals surface area contributed by atoms with Crippen LogP contribution < -0.4 is 4.90 Å². The van der Waals surface area contributed by atoms with Gasteiger partial charge in [0.15, 0.2) is 5.78 Å². The summed E-state index contributed by atoms with van der Waals surface area (Å²) in [5, 5.41) is 8.72. The van der Waals surface area contributed by atoms with E-state index in [0.29, 0.717) is 18.5 Å². The maximum absolute atomic E-state index is 11.1. The number of benzene rings is 1. The highest BCUT2D eigenvalue weighted by Gasteiger charge is 2.19. The molecule has 0 N–H and O–H groups in total. The van der Waals surface area contributed by atoms with Crippen LogP contribution in [0, 0.1) is 11.3 Å². The number of Topliss-reactive ketones (excluding diaryl/α,β-unsaturated/α-hetero) is 1. The lowest BCUT2D eigenvalue weighted by Gasteiger charge is -2.16. The van der Waals surface area contributed by atoms with Crippen molar-refractivity contribution in [2.45, 2.75) is 6.42 Å². The van der Waals surface area contributed by atoms with Gasteiger partial charge < -0.3 is 4.90 Å². The van der Waals surface area contributed by atoms with Crippen molar-refractivity contribution in [3.05, 3.63) is 29.8 Å². The first kappa shape index (κ1) is 8.76. The molecule has 0 unspecified atom stereocenters. The number of ketones is 1. The molecule has 1 aliphatic heterocycles. The summed E-state index contributed by atoms with van der Waals surface area (Å²) < 4.78 is 0. The highest BCUT2D eigenvalue weighted by Crippen LogP contribution is 2.19. The average molecular weight is 186 g/mol. The van der Waals surface area contributed by atoms with Crippen molar-refractivity contribution in [1.29, 1.82) is 5.26 Å². The summed E-state index contributed by atoms with van der Waals surface area (Å²) in [6.07, 6.45) is 0.622. The fraction of sp³-hybridized carbons (Fsp3) is 0.273. The standard InChI is InChI=1S/C11H10N2O/c12-7-9-2-1-3-10(6-9)13-5-4-11(14)8-13/h1-3,6H,4-5,8H2. The first-order valence-corrected chi connectivity index (χ1v) is 4.56. The van der Waals surface area contributed by atoms with E-state index in [2.05, 4.69) is 6.07 Å². The number of rotatable bonds is 1. The summed E-state index contributed by atoms with van der Waals surface area (Å²) in [6, 6.07) is 9.45. The molecule has 70 valence electrons. The molecule has 3 nitrogen and oxygen atoms in total. The third kappa shape index (κ3) is 1.60. The van der Waals surface area contributed by atoms with Gasteiger partial charge in [-0.1, -0.05) is 6.07 Å². The van der Waals surface area contributed by atoms with Crippen molar-refractivity contribution in [3.63, 3.8) is 0 Å². The Morgan fingerprint density at radius 3 is 2.93 bits per heavy atom. The lowest BCUT2D eigenvalue weighted by Crippen LogP contribution is -2.19. The molecule has 0 aliphatic carbocycles. The molecule has 1 saturated heterocycles. The first-order valence-electron chi connectivity index (χ1n) is 4.56. The van der Waals surface area contributed by atoms with Gasteiger partial charge in [0, 0.05) is 18.7 Å². The monoisotopic (exact) mass is 186 g/mol. The molecule has 1 aromatic carbocycles. The van der Waals surface area contributed by atoms with Gasteiger partial charge in [-0.05, 0) is 18.2 Å². The van der Waals surface area contributed by atoms with Crippen molar-refractivity contribution in [1.82, 2.24) is 0 Å². The van der Waals surface area contributed by atoms with Gasteiger partial charge in [0.25, 0.3) is 0 Å². The van der Waals surface area contributed by atoms with E-state index in [0.717, 1.165) is 12.2 Å².